The van der Waals surface area contributed by atoms with Gasteiger partial charge < -0.3 is 15.4 Å². The van der Waals surface area contributed by atoms with Crippen LogP contribution in [-0.2, 0) is 0 Å². The maximum absolute atomic E-state index is 12.3. The molecule has 5 nitrogen and oxygen atoms in total. The van der Waals surface area contributed by atoms with E-state index in [1.807, 2.05) is 49.3 Å². The summed E-state index contributed by atoms with van der Waals surface area (Å²) in [6.07, 6.45) is 0. The van der Waals surface area contributed by atoms with Gasteiger partial charge in [-0.15, -0.1) is 0 Å². The highest BCUT2D eigenvalue weighted by Crippen LogP contribution is 2.23. The summed E-state index contributed by atoms with van der Waals surface area (Å²) in [6.45, 7) is 0. The van der Waals surface area contributed by atoms with E-state index in [-0.39, 0.29) is 5.84 Å². The number of rotatable bonds is 4. The van der Waals surface area contributed by atoms with Gasteiger partial charge >= 0.3 is 5.97 Å². The predicted molar refractivity (Wildman–Crippen MR) is 101 cm³/mol. The van der Waals surface area contributed by atoms with Crippen LogP contribution < -0.4 is 15.4 Å². The highest BCUT2D eigenvalue weighted by Gasteiger charge is 2.10. The number of amidine groups is 1. The average Bonchev–Trinajstić information content (AvgIpc) is 2.61. The van der Waals surface area contributed by atoms with E-state index in [0.29, 0.717) is 16.9 Å². The first-order chi connectivity index (χ1) is 11.9. The summed E-state index contributed by atoms with van der Waals surface area (Å²) in [5.74, 6) is 0.105. The van der Waals surface area contributed by atoms with Crippen LogP contribution in [0.25, 0.3) is 10.8 Å². The van der Waals surface area contributed by atoms with Gasteiger partial charge in [0.15, 0.2) is 0 Å². The third kappa shape index (κ3) is 3.61. The molecule has 0 saturated heterocycles. The van der Waals surface area contributed by atoms with Gasteiger partial charge in [-0.05, 0) is 53.2 Å². The second-order valence-corrected chi connectivity index (χ2v) is 5.97. The fourth-order valence-electron chi connectivity index (χ4n) is 2.52. The first kappa shape index (κ1) is 16.5. The van der Waals surface area contributed by atoms with Gasteiger partial charge in [0.1, 0.15) is 11.6 Å². The quantitative estimate of drug-likeness (QED) is 0.332. The number of anilines is 1. The van der Waals surface area contributed by atoms with E-state index in [1.54, 1.807) is 30.3 Å². The van der Waals surface area contributed by atoms with Gasteiger partial charge in [-0.3, -0.25) is 5.41 Å². The Morgan fingerprint density at radius 3 is 2.16 bits per heavy atom. The smallest absolute Gasteiger partial charge is 0.343 e. The lowest BCUT2D eigenvalue weighted by atomic mass is 10.1. The largest absolute Gasteiger partial charge is 0.423 e. The fourth-order valence-corrected chi connectivity index (χ4v) is 2.52. The zero-order chi connectivity index (χ0) is 18.0. The van der Waals surface area contributed by atoms with Crippen molar-refractivity contribution in [2.75, 3.05) is 19.0 Å². The standard InChI is InChI=1S/C20H19N3O2/c1-23(2)17-8-5-13(6-9-17)20(24)25-18-10-7-14-11-16(19(21)22)4-3-15(14)12-18/h3-12H,1-2H3,(H3,21,22). The summed E-state index contributed by atoms with van der Waals surface area (Å²) in [6, 6.07) is 18.1. The molecule has 0 amide bonds. The van der Waals surface area contributed by atoms with Gasteiger partial charge in [0, 0.05) is 25.3 Å². The first-order valence-corrected chi connectivity index (χ1v) is 7.82. The van der Waals surface area contributed by atoms with E-state index in [1.165, 1.54) is 0 Å². The van der Waals surface area contributed by atoms with Crippen LogP contribution in [-0.4, -0.2) is 25.9 Å². The number of carbonyl (C=O) groups excluding carboxylic acids is 1. The molecule has 3 aromatic rings. The van der Waals surface area contributed by atoms with Gasteiger partial charge in [-0.1, -0.05) is 18.2 Å². The van der Waals surface area contributed by atoms with E-state index in [0.717, 1.165) is 16.5 Å². The van der Waals surface area contributed by atoms with Crippen LogP contribution in [0.15, 0.2) is 60.7 Å². The molecule has 0 spiro atoms. The number of nitrogens with one attached hydrogen (secondary N) is 1. The highest BCUT2D eigenvalue weighted by atomic mass is 16.5. The molecule has 3 rings (SSSR count). The van der Waals surface area contributed by atoms with Gasteiger partial charge in [0.2, 0.25) is 0 Å². The molecule has 3 aromatic carbocycles. The topological polar surface area (TPSA) is 79.4 Å². The van der Waals surface area contributed by atoms with Crippen molar-refractivity contribution in [2.45, 2.75) is 0 Å². The molecule has 5 heteroatoms. The zero-order valence-electron chi connectivity index (χ0n) is 14.1. The number of carbonyl (C=O) groups is 1. The number of esters is 1. The molecular formula is C20H19N3O2. The van der Waals surface area contributed by atoms with Gasteiger partial charge in [0.25, 0.3) is 0 Å². The Kier molecular flexibility index (Phi) is 4.39. The lowest BCUT2D eigenvalue weighted by Gasteiger charge is -2.12. The molecule has 0 aromatic heterocycles. The van der Waals surface area contributed by atoms with Crippen molar-refractivity contribution in [3.63, 3.8) is 0 Å². The van der Waals surface area contributed by atoms with Crippen molar-refractivity contribution in [2.24, 2.45) is 5.73 Å². The number of nitrogen functional groups attached to an aromatic ring is 1. The minimum Gasteiger partial charge on any atom is -0.423 e. The maximum atomic E-state index is 12.3. The van der Waals surface area contributed by atoms with Crippen molar-refractivity contribution in [1.29, 1.82) is 5.41 Å². The molecule has 0 radical (unpaired) electrons. The monoisotopic (exact) mass is 333 g/mol. The summed E-state index contributed by atoms with van der Waals surface area (Å²) in [5.41, 5.74) is 7.69. The fraction of sp³-hybridized carbons (Fsp3) is 0.100. The van der Waals surface area contributed by atoms with Crippen LogP contribution in [0.2, 0.25) is 0 Å². The van der Waals surface area contributed by atoms with E-state index in [2.05, 4.69) is 0 Å². The maximum Gasteiger partial charge on any atom is 0.343 e. The molecule has 0 unspecified atom stereocenters. The van der Waals surface area contributed by atoms with Crippen LogP contribution >= 0.6 is 0 Å². The molecule has 25 heavy (non-hydrogen) atoms. The minimum atomic E-state index is -0.398. The van der Waals surface area contributed by atoms with Crippen molar-refractivity contribution in [3.8, 4) is 5.75 Å². The molecule has 0 heterocycles. The lowest BCUT2D eigenvalue weighted by molar-refractivity contribution is 0.0735. The van der Waals surface area contributed by atoms with Crippen molar-refractivity contribution >= 4 is 28.3 Å². The number of nitrogens with zero attached hydrogens (tertiary/aromatic N) is 1. The number of nitrogens with two attached hydrogens (primary N) is 1. The molecule has 0 atom stereocenters. The Labute approximate surface area is 146 Å². The Balaban J connectivity index is 1.81. The summed E-state index contributed by atoms with van der Waals surface area (Å²) in [4.78, 5) is 14.3. The third-order valence-corrected chi connectivity index (χ3v) is 3.95. The Morgan fingerprint density at radius 1 is 0.920 bits per heavy atom. The Morgan fingerprint density at radius 2 is 1.52 bits per heavy atom. The Hall–Kier alpha value is -3.34. The second kappa shape index (κ2) is 6.65. The minimum absolute atomic E-state index is 0.0265. The molecular weight excluding hydrogens is 314 g/mol. The SMILES string of the molecule is CN(C)c1ccc(C(=O)Oc2ccc3cc(C(=N)N)ccc3c2)cc1. The van der Waals surface area contributed by atoms with Gasteiger partial charge in [0.05, 0.1) is 5.56 Å². The van der Waals surface area contributed by atoms with Gasteiger partial charge in [-0.25, -0.2) is 4.79 Å². The number of fused-ring (bicyclic) bond motifs is 1. The molecule has 0 aliphatic rings. The van der Waals surface area contributed by atoms with E-state index in [9.17, 15) is 4.79 Å². The van der Waals surface area contributed by atoms with Crippen LogP contribution in [0.1, 0.15) is 15.9 Å². The molecule has 3 N–H and O–H groups in total. The number of ether oxygens (including phenoxy) is 1. The third-order valence-electron chi connectivity index (χ3n) is 3.95. The van der Waals surface area contributed by atoms with E-state index >= 15 is 0 Å². The van der Waals surface area contributed by atoms with Gasteiger partial charge in [-0.2, -0.15) is 0 Å². The zero-order valence-corrected chi connectivity index (χ0v) is 14.1. The number of hydrogen-bond donors (Lipinski definition) is 2. The number of benzene rings is 3. The van der Waals surface area contributed by atoms with E-state index in [4.69, 9.17) is 15.9 Å². The van der Waals surface area contributed by atoms with Crippen LogP contribution in [0.5, 0.6) is 5.75 Å². The summed E-state index contributed by atoms with van der Waals surface area (Å²) >= 11 is 0. The van der Waals surface area contributed by atoms with Crippen LogP contribution in [0.4, 0.5) is 5.69 Å². The molecule has 0 aliphatic heterocycles. The molecule has 126 valence electrons. The summed E-state index contributed by atoms with van der Waals surface area (Å²) in [7, 11) is 3.89. The number of hydrogen-bond acceptors (Lipinski definition) is 4. The predicted octanol–water partition coefficient (Wildman–Crippen LogP) is 3.41. The van der Waals surface area contributed by atoms with Crippen LogP contribution in [0, 0.1) is 5.41 Å². The second-order valence-electron chi connectivity index (χ2n) is 5.97. The van der Waals surface area contributed by atoms with Crippen molar-refractivity contribution < 1.29 is 9.53 Å². The summed E-state index contributed by atoms with van der Waals surface area (Å²) < 4.78 is 5.47. The highest BCUT2D eigenvalue weighted by molar-refractivity contribution is 5.99. The van der Waals surface area contributed by atoms with E-state index < -0.39 is 5.97 Å². The summed E-state index contributed by atoms with van der Waals surface area (Å²) in [5, 5.41) is 9.34. The normalized spacial score (nSPS) is 10.5. The first-order valence-electron chi connectivity index (χ1n) is 7.82. The average molecular weight is 333 g/mol. The molecule has 0 saturated carbocycles. The Bertz CT molecular complexity index is 947. The van der Waals surface area contributed by atoms with Crippen LogP contribution in [0.3, 0.4) is 0 Å². The lowest BCUT2D eigenvalue weighted by Crippen LogP contribution is -2.11. The molecule has 0 fully saturated rings. The molecule has 0 aliphatic carbocycles. The molecule has 0 bridgehead atoms. The van der Waals surface area contributed by atoms with Crippen molar-refractivity contribution in [3.05, 3.63) is 71.8 Å². The van der Waals surface area contributed by atoms with Crippen molar-refractivity contribution in [1.82, 2.24) is 0 Å².